The minimum absolute atomic E-state index is 0.109. The number of halogens is 1. The SMILES string of the molecule is CCCN1/C(=C/C=C/C2=[N+](C)c3ccc4ccccc4c3C2(C)C)C(C)(Cc2ccccc2)c2cc(Cl)ccc21. The van der Waals surface area contributed by atoms with Gasteiger partial charge in [0.2, 0.25) is 5.69 Å². The number of rotatable bonds is 6. The fourth-order valence-electron chi connectivity index (χ4n) is 7.10. The zero-order chi connectivity index (χ0) is 28.1. The van der Waals surface area contributed by atoms with Crippen molar-refractivity contribution in [1.82, 2.24) is 0 Å². The standard InChI is InChI=1S/C37H38ClN2/c1-6-23-40-31-22-20-28(38)24-30(31)37(4,25-26-13-8-7-9-14-26)34(40)18-12-17-33-36(2,3)35-29-16-11-10-15-27(29)19-21-32(35)39(33)5/h7-22,24H,6,23,25H2,1-5H3/q+1. The molecule has 0 radical (unpaired) electrons. The van der Waals surface area contributed by atoms with Crippen LogP contribution in [0.5, 0.6) is 0 Å². The molecule has 202 valence electrons. The van der Waals surface area contributed by atoms with Crippen LogP contribution in [0.25, 0.3) is 10.8 Å². The van der Waals surface area contributed by atoms with Crippen LogP contribution in [0.2, 0.25) is 5.02 Å². The average Bonchev–Trinajstić information content (AvgIpc) is 3.28. The maximum atomic E-state index is 6.59. The molecule has 2 nitrogen and oxygen atoms in total. The summed E-state index contributed by atoms with van der Waals surface area (Å²) in [4.78, 5) is 2.51. The Morgan fingerprint density at radius 2 is 1.65 bits per heavy atom. The lowest BCUT2D eigenvalue weighted by molar-refractivity contribution is -0.401. The second kappa shape index (κ2) is 10.1. The summed E-state index contributed by atoms with van der Waals surface area (Å²) in [6.45, 7) is 10.3. The van der Waals surface area contributed by atoms with Crippen molar-refractivity contribution < 1.29 is 4.58 Å². The molecule has 0 aromatic heterocycles. The molecule has 6 rings (SSSR count). The van der Waals surface area contributed by atoms with Crippen molar-refractivity contribution in [3.8, 4) is 0 Å². The summed E-state index contributed by atoms with van der Waals surface area (Å²) < 4.78 is 2.37. The summed E-state index contributed by atoms with van der Waals surface area (Å²) >= 11 is 6.59. The summed E-state index contributed by atoms with van der Waals surface area (Å²) in [5.74, 6) is 0. The van der Waals surface area contributed by atoms with Gasteiger partial charge in [0.25, 0.3) is 0 Å². The van der Waals surface area contributed by atoms with Gasteiger partial charge in [0.15, 0.2) is 5.71 Å². The van der Waals surface area contributed by atoms with Gasteiger partial charge in [-0.25, -0.2) is 0 Å². The van der Waals surface area contributed by atoms with E-state index in [9.17, 15) is 0 Å². The first-order valence-electron chi connectivity index (χ1n) is 14.4. The van der Waals surface area contributed by atoms with Gasteiger partial charge in [0, 0.05) is 46.1 Å². The van der Waals surface area contributed by atoms with Gasteiger partial charge >= 0.3 is 0 Å². The van der Waals surface area contributed by atoms with E-state index >= 15 is 0 Å². The Morgan fingerprint density at radius 1 is 0.900 bits per heavy atom. The third kappa shape index (κ3) is 4.21. The van der Waals surface area contributed by atoms with Crippen LogP contribution in [-0.4, -0.2) is 23.9 Å². The highest BCUT2D eigenvalue weighted by Gasteiger charge is 2.45. The van der Waals surface area contributed by atoms with Crippen LogP contribution >= 0.6 is 11.6 Å². The van der Waals surface area contributed by atoms with Crippen molar-refractivity contribution in [3.63, 3.8) is 0 Å². The van der Waals surface area contributed by atoms with Gasteiger partial charge in [-0.05, 0) is 85.9 Å². The molecule has 4 aromatic rings. The minimum atomic E-state index is -0.192. The van der Waals surface area contributed by atoms with Crippen molar-refractivity contribution in [2.24, 2.45) is 0 Å². The zero-order valence-electron chi connectivity index (χ0n) is 24.2. The molecule has 0 bridgehead atoms. The zero-order valence-corrected chi connectivity index (χ0v) is 25.0. The third-order valence-electron chi connectivity index (χ3n) is 8.95. The van der Waals surface area contributed by atoms with Crippen molar-refractivity contribution in [2.45, 2.75) is 51.4 Å². The molecule has 2 heterocycles. The number of anilines is 1. The second-order valence-corrected chi connectivity index (χ2v) is 12.4. The van der Waals surface area contributed by atoms with Crippen molar-refractivity contribution >= 4 is 39.5 Å². The Hall–Kier alpha value is -3.62. The molecule has 4 aromatic carbocycles. The molecule has 0 aliphatic carbocycles. The van der Waals surface area contributed by atoms with E-state index in [1.807, 2.05) is 6.07 Å². The van der Waals surface area contributed by atoms with Crippen LogP contribution in [0.15, 0.2) is 109 Å². The topological polar surface area (TPSA) is 6.25 Å². The number of nitrogens with zero attached hydrogens (tertiary/aromatic N) is 2. The summed E-state index contributed by atoms with van der Waals surface area (Å²) in [7, 11) is 2.20. The number of hydrogen-bond acceptors (Lipinski definition) is 1. The Kier molecular flexibility index (Phi) is 6.71. The van der Waals surface area contributed by atoms with E-state index in [-0.39, 0.29) is 10.8 Å². The lowest BCUT2D eigenvalue weighted by Gasteiger charge is -2.30. The van der Waals surface area contributed by atoms with Crippen LogP contribution in [0, 0.1) is 0 Å². The molecule has 0 fully saturated rings. The summed E-state index contributed by atoms with van der Waals surface area (Å²) in [6, 6.07) is 30.5. The fourth-order valence-corrected chi connectivity index (χ4v) is 7.28. The van der Waals surface area contributed by atoms with E-state index in [4.69, 9.17) is 11.6 Å². The number of hydrogen-bond donors (Lipinski definition) is 0. The molecule has 0 saturated heterocycles. The predicted octanol–water partition coefficient (Wildman–Crippen LogP) is 9.37. The number of fused-ring (bicyclic) bond motifs is 4. The number of allylic oxidation sites excluding steroid dienone is 4. The molecule has 40 heavy (non-hydrogen) atoms. The van der Waals surface area contributed by atoms with Crippen LogP contribution in [0.1, 0.15) is 50.8 Å². The van der Waals surface area contributed by atoms with Crippen molar-refractivity contribution in [3.05, 3.63) is 131 Å². The van der Waals surface area contributed by atoms with Gasteiger partial charge in [0.05, 0.1) is 5.41 Å². The maximum absolute atomic E-state index is 6.59. The highest BCUT2D eigenvalue weighted by Crippen LogP contribution is 2.51. The molecule has 0 saturated carbocycles. The van der Waals surface area contributed by atoms with Gasteiger partial charge < -0.3 is 4.90 Å². The predicted molar refractivity (Wildman–Crippen MR) is 172 cm³/mol. The largest absolute Gasteiger partial charge is 0.344 e. The van der Waals surface area contributed by atoms with Crippen molar-refractivity contribution in [1.29, 1.82) is 0 Å². The summed E-state index contributed by atoms with van der Waals surface area (Å²) in [5, 5.41) is 3.43. The minimum Gasteiger partial charge on any atom is -0.344 e. The Balaban J connectivity index is 1.44. The first kappa shape index (κ1) is 26.6. The van der Waals surface area contributed by atoms with Gasteiger partial charge in [-0.1, -0.05) is 79.2 Å². The van der Waals surface area contributed by atoms with E-state index in [1.165, 1.54) is 50.2 Å². The van der Waals surface area contributed by atoms with E-state index in [0.717, 1.165) is 24.4 Å². The quantitative estimate of drug-likeness (QED) is 0.219. The van der Waals surface area contributed by atoms with Crippen LogP contribution < -0.4 is 4.90 Å². The molecular formula is C37H38ClN2+. The van der Waals surface area contributed by atoms with E-state index in [1.54, 1.807) is 0 Å². The van der Waals surface area contributed by atoms with Gasteiger partial charge in [-0.15, -0.1) is 0 Å². The van der Waals surface area contributed by atoms with Crippen molar-refractivity contribution in [2.75, 3.05) is 18.5 Å². The Morgan fingerprint density at radius 3 is 2.42 bits per heavy atom. The molecule has 0 amide bonds. The molecule has 1 atom stereocenters. The maximum Gasteiger partial charge on any atom is 0.210 e. The monoisotopic (exact) mass is 545 g/mol. The van der Waals surface area contributed by atoms with Gasteiger partial charge in [-0.2, -0.15) is 4.58 Å². The Labute approximate surface area is 243 Å². The normalized spacial score (nSPS) is 20.6. The number of benzene rings is 4. The first-order chi connectivity index (χ1) is 19.3. The average molecular weight is 546 g/mol. The highest BCUT2D eigenvalue weighted by molar-refractivity contribution is 6.30. The fraction of sp³-hybridized carbons (Fsp3) is 0.270. The molecule has 0 spiro atoms. The molecule has 3 heteroatoms. The highest BCUT2D eigenvalue weighted by atomic mass is 35.5. The molecule has 2 aliphatic rings. The summed E-state index contributed by atoms with van der Waals surface area (Å²) in [6.07, 6.45) is 8.94. The summed E-state index contributed by atoms with van der Waals surface area (Å²) in [5.41, 5.74) is 8.94. The third-order valence-corrected chi connectivity index (χ3v) is 9.19. The molecular weight excluding hydrogens is 508 g/mol. The molecule has 0 N–H and O–H groups in total. The van der Waals surface area contributed by atoms with Gasteiger partial charge in [0.1, 0.15) is 7.05 Å². The molecule has 1 unspecified atom stereocenters. The van der Waals surface area contributed by atoms with Crippen LogP contribution in [0.3, 0.4) is 0 Å². The first-order valence-corrected chi connectivity index (χ1v) is 14.8. The molecule has 2 aliphatic heterocycles. The van der Waals surface area contributed by atoms with E-state index in [0.29, 0.717) is 0 Å². The lowest BCUT2D eigenvalue weighted by atomic mass is 9.76. The van der Waals surface area contributed by atoms with Crippen LogP contribution in [0.4, 0.5) is 11.4 Å². The van der Waals surface area contributed by atoms with Crippen LogP contribution in [-0.2, 0) is 17.3 Å². The van der Waals surface area contributed by atoms with E-state index in [2.05, 4.69) is 141 Å². The smallest absolute Gasteiger partial charge is 0.210 e. The lowest BCUT2D eigenvalue weighted by Crippen LogP contribution is -2.31. The van der Waals surface area contributed by atoms with E-state index < -0.39 is 0 Å². The van der Waals surface area contributed by atoms with Gasteiger partial charge in [-0.3, -0.25) is 0 Å². The Bertz CT molecular complexity index is 1690. The second-order valence-electron chi connectivity index (χ2n) is 12.0.